The molecular weight excluding hydrogens is 268 g/mol. The first-order valence-electron chi connectivity index (χ1n) is 7.51. The maximum absolute atomic E-state index is 4.95. The lowest BCUT2D eigenvalue weighted by Gasteiger charge is -2.21. The molecule has 5 heteroatoms. The van der Waals surface area contributed by atoms with Crippen molar-refractivity contribution in [3.63, 3.8) is 0 Å². The summed E-state index contributed by atoms with van der Waals surface area (Å²) in [6.45, 7) is 1.10. The summed E-state index contributed by atoms with van der Waals surface area (Å²) in [6, 6.07) is 0.788. The first kappa shape index (κ1) is 12.5. The van der Waals surface area contributed by atoms with E-state index >= 15 is 0 Å². The standard InChI is InChI=1S/C15H20N4S/c1-19-9-16-8-12(19)15-18-14-10(7-17-11-5-6-11)3-2-4-13(14)20-15/h8-11,17H,2-7H2,1H3. The smallest absolute Gasteiger partial charge is 0.142 e. The van der Waals surface area contributed by atoms with E-state index in [0.717, 1.165) is 23.3 Å². The number of rotatable bonds is 4. The molecule has 0 aromatic carbocycles. The van der Waals surface area contributed by atoms with Crippen LogP contribution in [0, 0.1) is 0 Å². The highest BCUT2D eigenvalue weighted by Crippen LogP contribution is 2.38. The Bertz CT molecular complexity index is 611. The quantitative estimate of drug-likeness (QED) is 0.940. The Balaban J connectivity index is 1.60. The topological polar surface area (TPSA) is 42.7 Å². The molecule has 1 unspecified atom stereocenters. The second-order valence-corrected chi connectivity index (χ2v) is 7.07. The van der Waals surface area contributed by atoms with E-state index in [1.165, 1.54) is 42.7 Å². The minimum absolute atomic E-state index is 0.609. The fourth-order valence-electron chi connectivity index (χ4n) is 2.98. The summed E-state index contributed by atoms with van der Waals surface area (Å²) < 4.78 is 2.06. The number of nitrogens with zero attached hydrogens (tertiary/aromatic N) is 3. The van der Waals surface area contributed by atoms with Gasteiger partial charge in [-0.15, -0.1) is 11.3 Å². The van der Waals surface area contributed by atoms with Gasteiger partial charge in [-0.3, -0.25) is 0 Å². The molecule has 2 aromatic rings. The third-order valence-corrected chi connectivity index (χ3v) is 5.49. The lowest BCUT2D eigenvalue weighted by atomic mass is 9.91. The van der Waals surface area contributed by atoms with Crippen LogP contribution < -0.4 is 5.32 Å². The molecule has 0 saturated heterocycles. The summed E-state index contributed by atoms with van der Waals surface area (Å²) in [6.07, 6.45) is 10.3. The van der Waals surface area contributed by atoms with Gasteiger partial charge < -0.3 is 9.88 Å². The van der Waals surface area contributed by atoms with Crippen LogP contribution in [0.25, 0.3) is 10.7 Å². The van der Waals surface area contributed by atoms with Gasteiger partial charge in [0, 0.05) is 30.4 Å². The van der Waals surface area contributed by atoms with Gasteiger partial charge in [0.15, 0.2) is 0 Å². The van der Waals surface area contributed by atoms with Crippen molar-refractivity contribution in [3.05, 3.63) is 23.1 Å². The minimum atomic E-state index is 0.609. The molecule has 106 valence electrons. The van der Waals surface area contributed by atoms with Crippen molar-refractivity contribution in [2.75, 3.05) is 6.54 Å². The molecule has 4 rings (SSSR count). The van der Waals surface area contributed by atoms with Crippen LogP contribution in [-0.2, 0) is 13.5 Å². The van der Waals surface area contributed by atoms with Crippen LogP contribution in [0.5, 0.6) is 0 Å². The zero-order valence-corrected chi connectivity index (χ0v) is 12.6. The lowest BCUT2D eigenvalue weighted by molar-refractivity contribution is 0.500. The highest BCUT2D eigenvalue weighted by atomic mass is 32.1. The summed E-state index contributed by atoms with van der Waals surface area (Å²) in [5.41, 5.74) is 2.49. The third-order valence-electron chi connectivity index (χ3n) is 4.34. The number of aromatic nitrogens is 3. The summed E-state index contributed by atoms with van der Waals surface area (Å²) in [5.74, 6) is 0.609. The fourth-order valence-corrected chi connectivity index (χ4v) is 4.22. The van der Waals surface area contributed by atoms with Gasteiger partial charge >= 0.3 is 0 Å². The molecule has 1 fully saturated rings. The summed E-state index contributed by atoms with van der Waals surface area (Å²) in [7, 11) is 2.04. The number of hydrogen-bond donors (Lipinski definition) is 1. The Morgan fingerprint density at radius 3 is 3.05 bits per heavy atom. The van der Waals surface area contributed by atoms with E-state index in [4.69, 9.17) is 4.98 Å². The van der Waals surface area contributed by atoms with Crippen molar-refractivity contribution >= 4 is 11.3 Å². The molecule has 2 aliphatic rings. The molecule has 1 atom stereocenters. The molecule has 0 amide bonds. The van der Waals surface area contributed by atoms with Crippen molar-refractivity contribution in [3.8, 4) is 10.7 Å². The van der Waals surface area contributed by atoms with Gasteiger partial charge in [0.2, 0.25) is 0 Å². The highest BCUT2D eigenvalue weighted by molar-refractivity contribution is 7.15. The van der Waals surface area contributed by atoms with Gasteiger partial charge in [-0.2, -0.15) is 0 Å². The molecule has 2 heterocycles. The zero-order chi connectivity index (χ0) is 13.5. The number of aryl methyl sites for hydroxylation is 2. The summed E-state index contributed by atoms with van der Waals surface area (Å²) >= 11 is 1.86. The second kappa shape index (κ2) is 4.97. The number of imidazole rings is 1. The summed E-state index contributed by atoms with van der Waals surface area (Å²) in [5, 5.41) is 4.80. The van der Waals surface area contributed by atoms with Crippen LogP contribution >= 0.6 is 11.3 Å². The average Bonchev–Trinajstić information content (AvgIpc) is 3.01. The number of nitrogens with one attached hydrogen (secondary N) is 1. The number of hydrogen-bond acceptors (Lipinski definition) is 4. The van der Waals surface area contributed by atoms with E-state index < -0.39 is 0 Å². The first-order chi connectivity index (χ1) is 9.81. The zero-order valence-electron chi connectivity index (χ0n) is 11.8. The van der Waals surface area contributed by atoms with Gasteiger partial charge in [0.05, 0.1) is 23.9 Å². The molecule has 1 saturated carbocycles. The largest absolute Gasteiger partial charge is 0.332 e. The van der Waals surface area contributed by atoms with Crippen molar-refractivity contribution < 1.29 is 0 Å². The van der Waals surface area contributed by atoms with Gasteiger partial charge in [-0.05, 0) is 32.1 Å². The van der Waals surface area contributed by atoms with E-state index in [1.807, 2.05) is 30.9 Å². The minimum Gasteiger partial charge on any atom is -0.332 e. The van der Waals surface area contributed by atoms with Gasteiger partial charge in [-0.1, -0.05) is 0 Å². The van der Waals surface area contributed by atoms with Crippen LogP contribution in [0.15, 0.2) is 12.5 Å². The predicted molar refractivity (Wildman–Crippen MR) is 81.0 cm³/mol. The lowest BCUT2D eigenvalue weighted by Crippen LogP contribution is -2.25. The van der Waals surface area contributed by atoms with Crippen LogP contribution in [0.4, 0.5) is 0 Å². The molecule has 0 radical (unpaired) electrons. The molecule has 1 N–H and O–H groups in total. The number of fused-ring (bicyclic) bond motifs is 1. The maximum atomic E-state index is 4.95. The Kier molecular flexibility index (Phi) is 3.11. The van der Waals surface area contributed by atoms with E-state index in [9.17, 15) is 0 Å². The van der Waals surface area contributed by atoms with Gasteiger partial charge in [0.1, 0.15) is 5.01 Å². The van der Waals surface area contributed by atoms with Gasteiger partial charge in [0.25, 0.3) is 0 Å². The van der Waals surface area contributed by atoms with Crippen LogP contribution in [0.3, 0.4) is 0 Å². The predicted octanol–water partition coefficient (Wildman–Crippen LogP) is 2.72. The fraction of sp³-hybridized carbons (Fsp3) is 0.600. The Labute approximate surface area is 123 Å². The normalized spacial score (nSPS) is 21.9. The Hall–Kier alpha value is -1.20. The molecule has 4 nitrogen and oxygen atoms in total. The van der Waals surface area contributed by atoms with Gasteiger partial charge in [-0.25, -0.2) is 9.97 Å². The second-order valence-electron chi connectivity index (χ2n) is 5.99. The van der Waals surface area contributed by atoms with Crippen molar-refractivity contribution in [1.82, 2.24) is 19.9 Å². The van der Waals surface area contributed by atoms with Crippen molar-refractivity contribution in [2.45, 2.75) is 44.1 Å². The Morgan fingerprint density at radius 1 is 1.40 bits per heavy atom. The first-order valence-corrected chi connectivity index (χ1v) is 8.32. The highest BCUT2D eigenvalue weighted by Gasteiger charge is 2.28. The van der Waals surface area contributed by atoms with E-state index in [2.05, 4.69) is 14.9 Å². The number of thiazole rings is 1. The molecule has 0 bridgehead atoms. The van der Waals surface area contributed by atoms with Crippen molar-refractivity contribution in [1.29, 1.82) is 0 Å². The van der Waals surface area contributed by atoms with Crippen molar-refractivity contribution in [2.24, 2.45) is 7.05 Å². The van der Waals surface area contributed by atoms with Crippen LogP contribution in [0.2, 0.25) is 0 Å². The van der Waals surface area contributed by atoms with E-state index in [0.29, 0.717) is 5.92 Å². The van der Waals surface area contributed by atoms with Crippen LogP contribution in [-0.4, -0.2) is 27.1 Å². The molecule has 0 aliphatic heterocycles. The van der Waals surface area contributed by atoms with E-state index in [-0.39, 0.29) is 0 Å². The molecule has 0 spiro atoms. The van der Waals surface area contributed by atoms with E-state index in [1.54, 1.807) is 0 Å². The average molecular weight is 288 g/mol. The summed E-state index contributed by atoms with van der Waals surface area (Å²) in [4.78, 5) is 10.7. The van der Waals surface area contributed by atoms with Crippen LogP contribution in [0.1, 0.15) is 42.2 Å². The maximum Gasteiger partial charge on any atom is 0.142 e. The molecular formula is C15H20N4S. The third kappa shape index (κ3) is 2.29. The SMILES string of the molecule is Cn1cncc1-c1nc2c(s1)CCCC2CNC1CC1. The molecule has 20 heavy (non-hydrogen) atoms. The monoisotopic (exact) mass is 288 g/mol. The molecule has 2 aliphatic carbocycles. The molecule has 2 aromatic heterocycles. The Morgan fingerprint density at radius 2 is 2.30 bits per heavy atom.